The van der Waals surface area contributed by atoms with Crippen molar-refractivity contribution in [3.63, 3.8) is 0 Å². The Morgan fingerprint density at radius 2 is 2.42 bits per heavy atom. The fourth-order valence-corrected chi connectivity index (χ4v) is 2.17. The lowest BCUT2D eigenvalue weighted by Crippen LogP contribution is -2.00. The third-order valence-corrected chi connectivity index (χ3v) is 3.13. The van der Waals surface area contributed by atoms with E-state index in [2.05, 4.69) is 22.0 Å². The minimum absolute atomic E-state index is 0.457. The van der Waals surface area contributed by atoms with Gasteiger partial charge in [-0.3, -0.25) is 0 Å². The normalized spacial score (nSPS) is 20.3. The molecule has 0 saturated heterocycles. The van der Waals surface area contributed by atoms with Crippen molar-refractivity contribution in [3.8, 4) is 5.75 Å². The van der Waals surface area contributed by atoms with Crippen molar-refractivity contribution >= 4 is 27.5 Å². The molecule has 1 atom stereocenters. The van der Waals surface area contributed by atoms with Gasteiger partial charge in [0.05, 0.1) is 11.6 Å². The minimum Gasteiger partial charge on any atom is -0.491 e. The number of alkyl halides is 1. The molecule has 0 saturated carbocycles. The summed E-state index contributed by atoms with van der Waals surface area (Å²) in [7, 11) is 0. The number of benzene rings is 1. The second-order valence-electron chi connectivity index (χ2n) is 2.82. The second kappa shape index (κ2) is 3.27. The van der Waals surface area contributed by atoms with Gasteiger partial charge in [0.15, 0.2) is 0 Å². The summed E-state index contributed by atoms with van der Waals surface area (Å²) in [4.78, 5) is 0. The van der Waals surface area contributed by atoms with E-state index in [-0.39, 0.29) is 0 Å². The molecule has 1 aliphatic rings. The Labute approximate surface area is 84.8 Å². The predicted molar refractivity (Wildman–Crippen MR) is 53.5 cm³/mol. The summed E-state index contributed by atoms with van der Waals surface area (Å²) in [6, 6.07) is 5.89. The van der Waals surface area contributed by atoms with Crippen LogP contribution in [-0.2, 0) is 0 Å². The zero-order chi connectivity index (χ0) is 8.55. The Bertz CT molecular complexity index is 301. The van der Waals surface area contributed by atoms with Gasteiger partial charge < -0.3 is 4.74 Å². The van der Waals surface area contributed by atoms with E-state index in [4.69, 9.17) is 16.3 Å². The van der Waals surface area contributed by atoms with Crippen LogP contribution in [0.2, 0.25) is 5.02 Å². The molecule has 1 aromatic rings. The average molecular weight is 248 g/mol. The lowest BCUT2D eigenvalue weighted by Gasteiger charge is -2.02. The molecule has 2 rings (SSSR count). The number of para-hydroxylation sites is 1. The lowest BCUT2D eigenvalue weighted by molar-refractivity contribution is 0.339. The molecule has 1 aromatic carbocycles. The Morgan fingerprint density at radius 1 is 1.58 bits per heavy atom. The fraction of sp³-hybridized carbons (Fsp3) is 0.333. The molecule has 0 bridgehead atoms. The van der Waals surface area contributed by atoms with Gasteiger partial charge in [0.2, 0.25) is 0 Å². The van der Waals surface area contributed by atoms with Crippen molar-refractivity contribution in [1.29, 1.82) is 0 Å². The van der Waals surface area contributed by atoms with Gasteiger partial charge in [-0.05, 0) is 6.07 Å². The summed E-state index contributed by atoms with van der Waals surface area (Å²) in [6.07, 6.45) is 0. The minimum atomic E-state index is 0.457. The smallest absolute Gasteiger partial charge is 0.141 e. The van der Waals surface area contributed by atoms with Gasteiger partial charge in [-0.25, -0.2) is 0 Å². The van der Waals surface area contributed by atoms with E-state index in [1.807, 2.05) is 12.1 Å². The first-order valence-electron chi connectivity index (χ1n) is 3.80. The highest BCUT2D eigenvalue weighted by atomic mass is 79.9. The standard InChI is InChI=1S/C9H8BrClO/c10-4-6-5-12-9-7(6)2-1-3-8(9)11/h1-3,6H,4-5H2/t6-/m0/s1. The molecule has 0 aromatic heterocycles. The molecule has 0 radical (unpaired) electrons. The molecular weight excluding hydrogens is 239 g/mol. The highest BCUT2D eigenvalue weighted by molar-refractivity contribution is 9.09. The Balaban J connectivity index is 2.46. The van der Waals surface area contributed by atoms with Gasteiger partial charge in [0, 0.05) is 16.8 Å². The van der Waals surface area contributed by atoms with Crippen LogP contribution in [-0.4, -0.2) is 11.9 Å². The molecule has 0 unspecified atom stereocenters. The molecule has 0 fully saturated rings. The molecule has 0 spiro atoms. The zero-order valence-electron chi connectivity index (χ0n) is 6.39. The van der Waals surface area contributed by atoms with Gasteiger partial charge in [-0.1, -0.05) is 39.7 Å². The van der Waals surface area contributed by atoms with Crippen molar-refractivity contribution in [2.45, 2.75) is 5.92 Å². The molecule has 1 aliphatic heterocycles. The van der Waals surface area contributed by atoms with Crippen molar-refractivity contribution in [1.82, 2.24) is 0 Å². The van der Waals surface area contributed by atoms with E-state index < -0.39 is 0 Å². The van der Waals surface area contributed by atoms with Crippen LogP contribution in [0.3, 0.4) is 0 Å². The second-order valence-corrected chi connectivity index (χ2v) is 3.88. The first kappa shape index (κ1) is 8.39. The third kappa shape index (κ3) is 1.23. The maximum absolute atomic E-state index is 5.95. The van der Waals surface area contributed by atoms with Crippen LogP contribution in [0.25, 0.3) is 0 Å². The number of hydrogen-bond donors (Lipinski definition) is 0. The van der Waals surface area contributed by atoms with E-state index in [9.17, 15) is 0 Å². The monoisotopic (exact) mass is 246 g/mol. The van der Waals surface area contributed by atoms with Crippen molar-refractivity contribution in [2.24, 2.45) is 0 Å². The first-order chi connectivity index (χ1) is 5.83. The average Bonchev–Trinajstić information content (AvgIpc) is 2.49. The summed E-state index contributed by atoms with van der Waals surface area (Å²) < 4.78 is 5.47. The van der Waals surface area contributed by atoms with Crippen molar-refractivity contribution in [2.75, 3.05) is 11.9 Å². The summed E-state index contributed by atoms with van der Waals surface area (Å²) >= 11 is 9.40. The van der Waals surface area contributed by atoms with Crippen molar-refractivity contribution < 1.29 is 4.74 Å². The van der Waals surface area contributed by atoms with Crippen LogP contribution in [0, 0.1) is 0 Å². The summed E-state index contributed by atoms with van der Waals surface area (Å²) in [5.41, 5.74) is 1.22. The van der Waals surface area contributed by atoms with E-state index in [0.29, 0.717) is 5.92 Å². The molecule has 0 amide bonds. The molecule has 0 N–H and O–H groups in total. The Hall–Kier alpha value is -0.210. The van der Waals surface area contributed by atoms with E-state index in [0.717, 1.165) is 22.7 Å². The molecule has 64 valence electrons. The molecule has 3 heteroatoms. The molecule has 1 heterocycles. The maximum atomic E-state index is 5.95. The Kier molecular flexibility index (Phi) is 2.28. The first-order valence-corrected chi connectivity index (χ1v) is 5.30. The van der Waals surface area contributed by atoms with Gasteiger partial charge in [0.1, 0.15) is 5.75 Å². The number of hydrogen-bond acceptors (Lipinski definition) is 1. The predicted octanol–water partition coefficient (Wildman–Crippen LogP) is 3.21. The molecular formula is C9H8BrClO. The number of fused-ring (bicyclic) bond motifs is 1. The van der Waals surface area contributed by atoms with Crippen LogP contribution >= 0.6 is 27.5 Å². The highest BCUT2D eigenvalue weighted by Crippen LogP contribution is 2.39. The summed E-state index contributed by atoms with van der Waals surface area (Å²) in [5.74, 6) is 1.32. The zero-order valence-corrected chi connectivity index (χ0v) is 8.73. The summed E-state index contributed by atoms with van der Waals surface area (Å²) in [5, 5.41) is 1.65. The SMILES string of the molecule is Clc1cccc2c1OC[C@@H]2CBr. The third-order valence-electron chi connectivity index (χ3n) is 2.05. The molecule has 1 nitrogen and oxygen atoms in total. The van der Waals surface area contributed by atoms with Crippen LogP contribution < -0.4 is 4.74 Å². The van der Waals surface area contributed by atoms with Crippen LogP contribution in [0.15, 0.2) is 18.2 Å². The lowest BCUT2D eigenvalue weighted by atomic mass is 10.0. The van der Waals surface area contributed by atoms with Crippen LogP contribution in [0.4, 0.5) is 0 Å². The van der Waals surface area contributed by atoms with Gasteiger partial charge in [-0.2, -0.15) is 0 Å². The quantitative estimate of drug-likeness (QED) is 0.693. The van der Waals surface area contributed by atoms with Gasteiger partial charge >= 0.3 is 0 Å². The number of ether oxygens (including phenoxy) is 1. The van der Waals surface area contributed by atoms with Crippen LogP contribution in [0.1, 0.15) is 11.5 Å². The maximum Gasteiger partial charge on any atom is 0.141 e. The number of halogens is 2. The van der Waals surface area contributed by atoms with Crippen LogP contribution in [0.5, 0.6) is 5.75 Å². The van der Waals surface area contributed by atoms with E-state index in [1.54, 1.807) is 0 Å². The fourth-order valence-electron chi connectivity index (χ4n) is 1.40. The highest BCUT2D eigenvalue weighted by Gasteiger charge is 2.24. The van der Waals surface area contributed by atoms with E-state index in [1.165, 1.54) is 5.56 Å². The molecule has 0 aliphatic carbocycles. The van der Waals surface area contributed by atoms with Gasteiger partial charge in [-0.15, -0.1) is 0 Å². The summed E-state index contributed by atoms with van der Waals surface area (Å²) in [6.45, 7) is 0.740. The number of rotatable bonds is 1. The Morgan fingerprint density at radius 3 is 3.17 bits per heavy atom. The van der Waals surface area contributed by atoms with E-state index >= 15 is 0 Å². The molecule has 12 heavy (non-hydrogen) atoms. The van der Waals surface area contributed by atoms with Gasteiger partial charge in [0.25, 0.3) is 0 Å². The topological polar surface area (TPSA) is 9.23 Å². The van der Waals surface area contributed by atoms with Crippen molar-refractivity contribution in [3.05, 3.63) is 28.8 Å². The largest absolute Gasteiger partial charge is 0.491 e.